The van der Waals surface area contributed by atoms with Gasteiger partial charge in [-0.1, -0.05) is 0 Å². The van der Waals surface area contributed by atoms with E-state index in [4.69, 9.17) is 4.74 Å². The lowest BCUT2D eigenvalue weighted by molar-refractivity contribution is -0.121. The summed E-state index contributed by atoms with van der Waals surface area (Å²) in [5.74, 6) is 1.43. The van der Waals surface area contributed by atoms with Crippen molar-refractivity contribution in [1.29, 1.82) is 0 Å². The third-order valence-electron chi connectivity index (χ3n) is 4.59. The smallest absolute Gasteiger partial charge is 0.219 e. The molecule has 0 aliphatic carbocycles. The fourth-order valence-corrected chi connectivity index (χ4v) is 3.67. The van der Waals surface area contributed by atoms with Gasteiger partial charge in [-0.05, 0) is 75.4 Å². The van der Waals surface area contributed by atoms with Crippen molar-refractivity contribution in [3.8, 4) is 5.75 Å². The number of carbonyl (C=O) groups excluding carboxylic acids is 1. The van der Waals surface area contributed by atoms with E-state index in [0.29, 0.717) is 24.7 Å². The fraction of sp³-hybridized carbons (Fsp3) is 0.632. The van der Waals surface area contributed by atoms with Crippen LogP contribution in [0, 0.1) is 5.92 Å². The highest BCUT2D eigenvalue weighted by Crippen LogP contribution is 2.16. The molecule has 2 N–H and O–H groups in total. The number of piperidine rings is 1. The molecular formula is C19H30N2O4S. The molecule has 0 aromatic heterocycles. The molecule has 0 saturated carbocycles. The maximum Gasteiger partial charge on any atom is 0.219 e. The fourth-order valence-electron chi connectivity index (χ4n) is 3.04. The number of hydrogen-bond acceptors (Lipinski definition) is 5. The van der Waals surface area contributed by atoms with Gasteiger partial charge in [0.15, 0.2) is 9.84 Å². The number of benzene rings is 1. The topological polar surface area (TPSA) is 84.5 Å². The van der Waals surface area contributed by atoms with Gasteiger partial charge in [-0.3, -0.25) is 4.79 Å². The van der Waals surface area contributed by atoms with Crippen LogP contribution in [0.4, 0.5) is 0 Å². The Hall–Kier alpha value is -1.60. The lowest BCUT2D eigenvalue weighted by Gasteiger charge is -2.22. The molecule has 0 bridgehead atoms. The Morgan fingerprint density at radius 3 is 2.69 bits per heavy atom. The minimum atomic E-state index is -3.18. The molecule has 1 aromatic carbocycles. The number of nitrogens with one attached hydrogen (secondary N) is 2. The molecule has 26 heavy (non-hydrogen) atoms. The normalized spacial score (nSPS) is 17.7. The number of unbranched alkanes of at least 4 members (excludes halogenated alkanes) is 1. The van der Waals surface area contributed by atoms with Crippen molar-refractivity contribution in [2.75, 3.05) is 32.5 Å². The summed E-state index contributed by atoms with van der Waals surface area (Å²) in [6.45, 7) is 3.46. The van der Waals surface area contributed by atoms with Crippen LogP contribution in [0.15, 0.2) is 29.2 Å². The summed E-state index contributed by atoms with van der Waals surface area (Å²) in [5, 5.41) is 6.38. The first-order valence-corrected chi connectivity index (χ1v) is 11.2. The highest BCUT2D eigenvalue weighted by atomic mass is 32.2. The van der Waals surface area contributed by atoms with E-state index in [1.165, 1.54) is 19.1 Å². The molecule has 1 aromatic rings. The predicted octanol–water partition coefficient (Wildman–Crippen LogP) is 2.15. The minimum absolute atomic E-state index is 0.103. The molecular weight excluding hydrogens is 352 g/mol. The van der Waals surface area contributed by atoms with Gasteiger partial charge in [0.2, 0.25) is 5.91 Å². The van der Waals surface area contributed by atoms with Crippen LogP contribution < -0.4 is 15.4 Å². The van der Waals surface area contributed by atoms with Gasteiger partial charge in [-0.2, -0.15) is 0 Å². The standard InChI is InChI=1S/C19H30N2O4S/c1-26(23,24)18-9-7-17(8-10-18)25-14-3-2-6-19(22)21-13-11-16-5-4-12-20-15-16/h7-10,16,20H,2-6,11-15H2,1H3,(H,21,22). The van der Waals surface area contributed by atoms with Crippen LogP contribution in [0.1, 0.15) is 38.5 Å². The van der Waals surface area contributed by atoms with E-state index in [1.54, 1.807) is 24.3 Å². The highest BCUT2D eigenvalue weighted by molar-refractivity contribution is 7.90. The van der Waals surface area contributed by atoms with Crippen molar-refractivity contribution >= 4 is 15.7 Å². The van der Waals surface area contributed by atoms with Crippen LogP contribution in [0.2, 0.25) is 0 Å². The molecule has 6 nitrogen and oxygen atoms in total. The largest absolute Gasteiger partial charge is 0.494 e. The molecule has 1 aliphatic rings. The second-order valence-corrected chi connectivity index (χ2v) is 8.92. The maximum absolute atomic E-state index is 11.8. The van der Waals surface area contributed by atoms with E-state index in [-0.39, 0.29) is 10.8 Å². The number of hydrogen-bond donors (Lipinski definition) is 2. The number of ether oxygens (including phenoxy) is 1. The maximum atomic E-state index is 11.8. The molecule has 0 spiro atoms. The second-order valence-electron chi connectivity index (χ2n) is 6.90. The average Bonchev–Trinajstić information content (AvgIpc) is 2.62. The monoisotopic (exact) mass is 382 g/mol. The lowest BCUT2D eigenvalue weighted by atomic mass is 9.96. The predicted molar refractivity (Wildman–Crippen MR) is 102 cm³/mol. The van der Waals surface area contributed by atoms with E-state index in [0.717, 1.165) is 38.9 Å². The van der Waals surface area contributed by atoms with Gasteiger partial charge < -0.3 is 15.4 Å². The Kier molecular flexibility index (Phi) is 8.38. The molecule has 0 radical (unpaired) electrons. The summed E-state index contributed by atoms with van der Waals surface area (Å²) in [6.07, 6.45) is 6.79. The average molecular weight is 383 g/mol. The van der Waals surface area contributed by atoms with Crippen molar-refractivity contribution in [1.82, 2.24) is 10.6 Å². The highest BCUT2D eigenvalue weighted by Gasteiger charge is 2.12. The first-order chi connectivity index (χ1) is 12.4. The minimum Gasteiger partial charge on any atom is -0.494 e. The van der Waals surface area contributed by atoms with Gasteiger partial charge in [0, 0.05) is 19.2 Å². The van der Waals surface area contributed by atoms with Crippen molar-refractivity contribution in [2.45, 2.75) is 43.4 Å². The Morgan fingerprint density at radius 2 is 2.04 bits per heavy atom. The van der Waals surface area contributed by atoms with Crippen molar-refractivity contribution < 1.29 is 17.9 Å². The van der Waals surface area contributed by atoms with E-state index in [9.17, 15) is 13.2 Å². The van der Waals surface area contributed by atoms with Gasteiger partial charge in [-0.25, -0.2) is 8.42 Å². The molecule has 1 amide bonds. The Labute approximate surface area is 156 Å². The molecule has 1 fully saturated rings. The lowest BCUT2D eigenvalue weighted by Crippen LogP contribution is -2.33. The number of amides is 1. The van der Waals surface area contributed by atoms with E-state index >= 15 is 0 Å². The summed E-state index contributed by atoms with van der Waals surface area (Å²) in [7, 11) is -3.18. The zero-order valence-electron chi connectivity index (χ0n) is 15.5. The SMILES string of the molecule is CS(=O)(=O)c1ccc(OCCCCC(=O)NCCC2CCCNC2)cc1. The first-order valence-electron chi connectivity index (χ1n) is 9.35. The van der Waals surface area contributed by atoms with Gasteiger partial charge in [0.25, 0.3) is 0 Å². The Balaban J connectivity index is 1.52. The van der Waals surface area contributed by atoms with E-state index < -0.39 is 9.84 Å². The van der Waals surface area contributed by atoms with Gasteiger partial charge in [0.1, 0.15) is 5.75 Å². The quantitative estimate of drug-likeness (QED) is 0.606. The summed E-state index contributed by atoms with van der Waals surface area (Å²) in [4.78, 5) is 12.1. The van der Waals surface area contributed by atoms with Crippen LogP contribution in [-0.2, 0) is 14.6 Å². The molecule has 1 unspecified atom stereocenters. The van der Waals surface area contributed by atoms with E-state index in [2.05, 4.69) is 10.6 Å². The van der Waals surface area contributed by atoms with Crippen LogP contribution in [-0.4, -0.2) is 46.8 Å². The van der Waals surface area contributed by atoms with Gasteiger partial charge >= 0.3 is 0 Å². The summed E-state index contributed by atoms with van der Waals surface area (Å²) >= 11 is 0. The van der Waals surface area contributed by atoms with E-state index in [1.807, 2.05) is 0 Å². The Morgan fingerprint density at radius 1 is 1.27 bits per heavy atom. The van der Waals surface area contributed by atoms with Gasteiger partial charge in [-0.15, -0.1) is 0 Å². The molecule has 1 aliphatic heterocycles. The van der Waals surface area contributed by atoms with Crippen LogP contribution >= 0.6 is 0 Å². The number of sulfone groups is 1. The molecule has 1 atom stereocenters. The molecule has 1 heterocycles. The second kappa shape index (κ2) is 10.5. The van der Waals surface area contributed by atoms with Gasteiger partial charge in [0.05, 0.1) is 11.5 Å². The third kappa shape index (κ3) is 7.74. The molecule has 146 valence electrons. The number of rotatable bonds is 10. The van der Waals surface area contributed by atoms with Crippen LogP contribution in [0.5, 0.6) is 5.75 Å². The Bertz CT molecular complexity index is 653. The zero-order valence-corrected chi connectivity index (χ0v) is 16.3. The first kappa shape index (κ1) is 20.7. The van der Waals surface area contributed by atoms with Crippen molar-refractivity contribution in [3.05, 3.63) is 24.3 Å². The molecule has 1 saturated heterocycles. The zero-order chi connectivity index (χ0) is 18.8. The van der Waals surface area contributed by atoms with Crippen molar-refractivity contribution in [3.63, 3.8) is 0 Å². The summed E-state index contributed by atoms with van der Waals surface area (Å²) in [5.41, 5.74) is 0. The van der Waals surface area contributed by atoms with Crippen LogP contribution in [0.3, 0.4) is 0 Å². The number of carbonyl (C=O) groups is 1. The molecule has 7 heteroatoms. The summed E-state index contributed by atoms with van der Waals surface area (Å²) in [6, 6.07) is 6.40. The molecule has 2 rings (SSSR count). The summed E-state index contributed by atoms with van der Waals surface area (Å²) < 4.78 is 28.4. The van der Waals surface area contributed by atoms with Crippen molar-refractivity contribution in [2.24, 2.45) is 5.92 Å². The third-order valence-corrected chi connectivity index (χ3v) is 5.72. The van der Waals surface area contributed by atoms with Crippen LogP contribution in [0.25, 0.3) is 0 Å².